The number of hydrogen-bond donors (Lipinski definition) is 1. The van der Waals surface area contributed by atoms with Crippen LogP contribution in [-0.2, 0) is 11.3 Å². The minimum atomic E-state index is -0.0864. The summed E-state index contributed by atoms with van der Waals surface area (Å²) < 4.78 is 5.76. The van der Waals surface area contributed by atoms with Crippen LogP contribution in [0.1, 0.15) is 32.3 Å². The van der Waals surface area contributed by atoms with Crippen molar-refractivity contribution in [2.75, 3.05) is 24.6 Å². The first-order chi connectivity index (χ1) is 9.53. The molecule has 0 radical (unpaired) electrons. The highest BCUT2D eigenvalue weighted by atomic mass is 35.5. The van der Waals surface area contributed by atoms with Gasteiger partial charge in [-0.05, 0) is 44.4 Å². The zero-order valence-corrected chi connectivity index (χ0v) is 13.0. The lowest BCUT2D eigenvalue weighted by Gasteiger charge is -2.39. The molecular weight excluding hydrogens is 272 g/mol. The second-order valence-electron chi connectivity index (χ2n) is 6.46. The molecule has 1 aliphatic heterocycles. The van der Waals surface area contributed by atoms with Crippen molar-refractivity contribution in [1.29, 1.82) is 0 Å². The number of nitrogens with one attached hydrogen (secondary N) is 1. The van der Waals surface area contributed by atoms with Crippen LogP contribution in [0.4, 0.5) is 5.69 Å². The Kier molecular flexibility index (Phi) is 3.93. The van der Waals surface area contributed by atoms with Gasteiger partial charge in [-0.3, -0.25) is 0 Å². The monoisotopic (exact) mass is 294 g/mol. The maximum atomic E-state index is 6.43. The van der Waals surface area contributed by atoms with Gasteiger partial charge < -0.3 is 15.0 Å². The minimum Gasteiger partial charge on any atom is -0.372 e. The molecular formula is C16H23ClN2O. The summed E-state index contributed by atoms with van der Waals surface area (Å²) in [6, 6.07) is 7.13. The molecule has 2 aliphatic rings. The fourth-order valence-electron chi connectivity index (χ4n) is 2.65. The van der Waals surface area contributed by atoms with Gasteiger partial charge in [-0.1, -0.05) is 17.7 Å². The molecule has 1 saturated heterocycles. The van der Waals surface area contributed by atoms with Crippen LogP contribution in [-0.4, -0.2) is 31.3 Å². The third-order valence-electron chi connectivity index (χ3n) is 3.99. The van der Waals surface area contributed by atoms with Gasteiger partial charge in [-0.25, -0.2) is 0 Å². The lowest BCUT2D eigenvalue weighted by molar-refractivity contribution is -0.0276. The van der Waals surface area contributed by atoms with Crippen LogP contribution in [0.25, 0.3) is 0 Å². The van der Waals surface area contributed by atoms with E-state index in [2.05, 4.69) is 42.3 Å². The fourth-order valence-corrected chi connectivity index (χ4v) is 2.90. The van der Waals surface area contributed by atoms with Gasteiger partial charge in [0.1, 0.15) is 0 Å². The lowest BCUT2D eigenvalue weighted by atomic mass is 10.1. The van der Waals surface area contributed by atoms with E-state index >= 15 is 0 Å². The van der Waals surface area contributed by atoms with Crippen molar-refractivity contribution in [3.8, 4) is 0 Å². The van der Waals surface area contributed by atoms with E-state index in [1.807, 2.05) is 0 Å². The molecule has 1 heterocycles. The Balaban J connectivity index is 1.68. The van der Waals surface area contributed by atoms with Crippen molar-refractivity contribution in [2.45, 2.75) is 44.9 Å². The molecule has 1 saturated carbocycles. The quantitative estimate of drug-likeness (QED) is 0.923. The number of anilines is 1. The zero-order chi connectivity index (χ0) is 14.2. The molecule has 0 amide bonds. The summed E-state index contributed by atoms with van der Waals surface area (Å²) in [5, 5.41) is 4.37. The van der Waals surface area contributed by atoms with Gasteiger partial charge in [0.05, 0.1) is 12.2 Å². The summed E-state index contributed by atoms with van der Waals surface area (Å²) in [6.45, 7) is 7.75. The van der Waals surface area contributed by atoms with Crippen LogP contribution >= 0.6 is 11.6 Å². The average molecular weight is 295 g/mol. The standard InChI is InChI=1S/C16H23ClN2O/c1-16(2)11-19(7-8-20-16)14-6-3-12(15(17)9-14)10-18-13-4-5-13/h3,6,9,13,18H,4-5,7-8,10-11H2,1-2H3. The smallest absolute Gasteiger partial charge is 0.0801 e. The first kappa shape index (κ1) is 14.2. The van der Waals surface area contributed by atoms with E-state index in [4.69, 9.17) is 16.3 Å². The first-order valence-electron chi connectivity index (χ1n) is 7.44. The molecule has 0 bridgehead atoms. The Morgan fingerprint density at radius 3 is 2.85 bits per heavy atom. The van der Waals surface area contributed by atoms with Crippen LogP contribution in [0.3, 0.4) is 0 Å². The van der Waals surface area contributed by atoms with Crippen LogP contribution in [0, 0.1) is 0 Å². The van der Waals surface area contributed by atoms with E-state index in [1.54, 1.807) is 0 Å². The molecule has 20 heavy (non-hydrogen) atoms. The van der Waals surface area contributed by atoms with Crippen molar-refractivity contribution >= 4 is 17.3 Å². The van der Waals surface area contributed by atoms with E-state index in [1.165, 1.54) is 24.1 Å². The number of rotatable bonds is 4. The summed E-state index contributed by atoms with van der Waals surface area (Å²) in [6.07, 6.45) is 2.61. The molecule has 110 valence electrons. The molecule has 0 spiro atoms. The Morgan fingerprint density at radius 2 is 2.20 bits per heavy atom. The number of morpholine rings is 1. The molecule has 4 heteroatoms. The number of ether oxygens (including phenoxy) is 1. The number of halogens is 1. The lowest BCUT2D eigenvalue weighted by Crippen LogP contribution is -2.48. The molecule has 1 aromatic carbocycles. The largest absolute Gasteiger partial charge is 0.372 e. The van der Waals surface area contributed by atoms with E-state index < -0.39 is 0 Å². The summed E-state index contributed by atoms with van der Waals surface area (Å²) >= 11 is 6.43. The van der Waals surface area contributed by atoms with Crippen LogP contribution in [0.5, 0.6) is 0 Å². The highest BCUT2D eigenvalue weighted by molar-refractivity contribution is 6.31. The van der Waals surface area contributed by atoms with Gasteiger partial charge in [-0.2, -0.15) is 0 Å². The predicted octanol–water partition coefficient (Wildman–Crippen LogP) is 3.21. The highest BCUT2D eigenvalue weighted by Gasteiger charge is 2.27. The maximum Gasteiger partial charge on any atom is 0.0801 e. The fraction of sp³-hybridized carbons (Fsp3) is 0.625. The molecule has 0 aromatic heterocycles. The van der Waals surface area contributed by atoms with E-state index in [9.17, 15) is 0 Å². The van der Waals surface area contributed by atoms with Gasteiger partial charge >= 0.3 is 0 Å². The molecule has 1 N–H and O–H groups in total. The molecule has 2 fully saturated rings. The van der Waals surface area contributed by atoms with Crippen molar-refractivity contribution < 1.29 is 4.74 Å². The van der Waals surface area contributed by atoms with E-state index in [0.717, 1.165) is 31.3 Å². The number of benzene rings is 1. The molecule has 1 aromatic rings. The van der Waals surface area contributed by atoms with Gasteiger partial charge in [0.15, 0.2) is 0 Å². The van der Waals surface area contributed by atoms with Gasteiger partial charge in [0, 0.05) is 36.4 Å². The zero-order valence-electron chi connectivity index (χ0n) is 12.3. The van der Waals surface area contributed by atoms with Crippen molar-refractivity contribution in [3.63, 3.8) is 0 Å². The van der Waals surface area contributed by atoms with Gasteiger partial charge in [0.25, 0.3) is 0 Å². The molecule has 0 atom stereocenters. The summed E-state index contributed by atoms with van der Waals surface area (Å²) in [5.74, 6) is 0. The van der Waals surface area contributed by atoms with Crippen LogP contribution in [0.2, 0.25) is 5.02 Å². The molecule has 3 rings (SSSR count). The first-order valence-corrected chi connectivity index (χ1v) is 7.82. The normalized spacial score (nSPS) is 22.1. The number of hydrogen-bond acceptors (Lipinski definition) is 3. The van der Waals surface area contributed by atoms with Crippen molar-refractivity contribution in [3.05, 3.63) is 28.8 Å². The Morgan fingerprint density at radius 1 is 1.40 bits per heavy atom. The maximum absolute atomic E-state index is 6.43. The predicted molar refractivity (Wildman–Crippen MR) is 83.6 cm³/mol. The Hall–Kier alpha value is -0.770. The summed E-state index contributed by atoms with van der Waals surface area (Å²) in [7, 11) is 0. The van der Waals surface area contributed by atoms with Gasteiger partial charge in [0.2, 0.25) is 0 Å². The van der Waals surface area contributed by atoms with Crippen LogP contribution in [0.15, 0.2) is 18.2 Å². The van der Waals surface area contributed by atoms with Gasteiger partial charge in [-0.15, -0.1) is 0 Å². The Bertz CT molecular complexity index is 485. The molecule has 3 nitrogen and oxygen atoms in total. The summed E-state index contributed by atoms with van der Waals surface area (Å²) in [4.78, 5) is 2.35. The minimum absolute atomic E-state index is 0.0864. The average Bonchev–Trinajstić information content (AvgIpc) is 3.20. The molecule has 1 aliphatic carbocycles. The van der Waals surface area contributed by atoms with Crippen LogP contribution < -0.4 is 10.2 Å². The Labute approximate surface area is 126 Å². The van der Waals surface area contributed by atoms with Crippen molar-refractivity contribution in [2.24, 2.45) is 0 Å². The van der Waals surface area contributed by atoms with E-state index in [0.29, 0.717) is 6.04 Å². The highest BCUT2D eigenvalue weighted by Crippen LogP contribution is 2.28. The van der Waals surface area contributed by atoms with Crippen molar-refractivity contribution in [1.82, 2.24) is 5.32 Å². The third kappa shape index (κ3) is 3.46. The SMILES string of the molecule is CC1(C)CN(c2ccc(CNC3CC3)c(Cl)c2)CCO1. The second kappa shape index (κ2) is 5.55. The topological polar surface area (TPSA) is 24.5 Å². The number of nitrogens with zero attached hydrogens (tertiary/aromatic N) is 1. The van der Waals surface area contributed by atoms with E-state index in [-0.39, 0.29) is 5.60 Å². The molecule has 0 unspecified atom stereocenters. The summed E-state index contributed by atoms with van der Waals surface area (Å²) in [5.41, 5.74) is 2.30. The third-order valence-corrected chi connectivity index (χ3v) is 4.34. The second-order valence-corrected chi connectivity index (χ2v) is 6.87.